The van der Waals surface area contributed by atoms with Crippen LogP contribution in [0.25, 0.3) is 0 Å². The summed E-state index contributed by atoms with van der Waals surface area (Å²) in [4.78, 5) is 26.7. The molecule has 138 valence electrons. The highest BCUT2D eigenvalue weighted by Crippen LogP contribution is 2.27. The Morgan fingerprint density at radius 2 is 2.12 bits per heavy atom. The van der Waals surface area contributed by atoms with E-state index in [1.165, 1.54) is 7.11 Å². The largest absolute Gasteiger partial charge is 0.495 e. The van der Waals surface area contributed by atoms with Crippen molar-refractivity contribution in [2.45, 2.75) is 19.5 Å². The van der Waals surface area contributed by atoms with E-state index >= 15 is 0 Å². The van der Waals surface area contributed by atoms with Crippen molar-refractivity contribution < 1.29 is 14.3 Å². The second-order valence-corrected chi connectivity index (χ2v) is 6.84. The van der Waals surface area contributed by atoms with Crippen LogP contribution in [0.5, 0.6) is 5.75 Å². The van der Waals surface area contributed by atoms with Gasteiger partial charge in [-0.05, 0) is 30.3 Å². The van der Waals surface area contributed by atoms with Crippen molar-refractivity contribution in [3.8, 4) is 5.75 Å². The highest BCUT2D eigenvalue weighted by atomic mass is 35.5. The topological polar surface area (TPSA) is 63.6 Å². The molecule has 0 saturated heterocycles. The number of hydrogen-bond acceptors (Lipinski definition) is 3. The maximum Gasteiger partial charge on any atom is 0.254 e. The third kappa shape index (κ3) is 3.85. The number of ether oxygens (including phenoxy) is 1. The molecule has 26 heavy (non-hydrogen) atoms. The van der Waals surface area contributed by atoms with Crippen LogP contribution in [0.3, 0.4) is 0 Å². The van der Waals surface area contributed by atoms with E-state index in [2.05, 4.69) is 9.88 Å². The fourth-order valence-corrected chi connectivity index (χ4v) is 3.57. The van der Waals surface area contributed by atoms with E-state index in [0.29, 0.717) is 42.4 Å². The van der Waals surface area contributed by atoms with E-state index in [1.54, 1.807) is 30.1 Å². The Bertz CT molecular complexity index is 818. The minimum absolute atomic E-state index is 0.0227. The third-order valence-electron chi connectivity index (χ3n) is 4.65. The number of rotatable bonds is 4. The van der Waals surface area contributed by atoms with Crippen LogP contribution >= 0.6 is 11.6 Å². The molecule has 6 nitrogen and oxygen atoms in total. The van der Waals surface area contributed by atoms with Crippen molar-refractivity contribution in [2.75, 3.05) is 20.7 Å². The van der Waals surface area contributed by atoms with Gasteiger partial charge in [0.2, 0.25) is 5.91 Å². The number of carbonyl (C=O) groups is 2. The Hall–Kier alpha value is -2.47. The van der Waals surface area contributed by atoms with Crippen LogP contribution in [0.4, 0.5) is 0 Å². The molecule has 0 aliphatic carbocycles. The quantitative estimate of drug-likeness (QED) is 0.893. The monoisotopic (exact) mass is 375 g/mol. The molecule has 0 radical (unpaired) electrons. The number of nitrogens with one attached hydrogen (secondary N) is 1. The van der Waals surface area contributed by atoms with Gasteiger partial charge in [0.25, 0.3) is 5.91 Å². The van der Waals surface area contributed by atoms with Crippen molar-refractivity contribution in [1.82, 2.24) is 14.8 Å². The smallest absolute Gasteiger partial charge is 0.254 e. The molecule has 0 fully saturated rings. The Kier molecular flexibility index (Phi) is 5.52. The molecule has 1 aliphatic heterocycles. The molecule has 1 N–H and O–H groups in total. The van der Waals surface area contributed by atoms with E-state index < -0.39 is 0 Å². The summed E-state index contributed by atoms with van der Waals surface area (Å²) in [5.41, 5.74) is 1.56. The molecule has 0 bridgehead atoms. The third-order valence-corrected chi connectivity index (χ3v) is 4.94. The van der Waals surface area contributed by atoms with Gasteiger partial charge in [-0.25, -0.2) is 0 Å². The Labute approximate surface area is 157 Å². The first-order chi connectivity index (χ1) is 12.5. The number of benzene rings is 1. The summed E-state index contributed by atoms with van der Waals surface area (Å²) < 4.78 is 7.26. The van der Waals surface area contributed by atoms with Gasteiger partial charge in [-0.3, -0.25) is 9.59 Å². The number of methoxy groups -OCH3 is 1. The predicted octanol–water partition coefficient (Wildman–Crippen LogP) is 2.56. The summed E-state index contributed by atoms with van der Waals surface area (Å²) in [5.74, 6) is 0.448. The maximum atomic E-state index is 13.1. The molecular formula is C19H22ClN3O3. The number of fused-ring (bicyclic) bond motifs is 1. The molecular weight excluding hydrogens is 354 g/mol. The molecule has 3 rings (SSSR count). The molecule has 7 heteroatoms. The standard InChI is InChI=1S/C19H22ClN3O3/c1-21-18(24)8-13-10-22-7-3-4-15(22)12-23(11-13)19(25)14-5-6-17(26-2)16(20)9-14/h3-7,9,13H,8,10-12H2,1-2H3,(H,21,24)/t13-/m0/s1. The zero-order chi connectivity index (χ0) is 18.7. The summed E-state index contributed by atoms with van der Waals surface area (Å²) in [7, 11) is 3.16. The van der Waals surface area contributed by atoms with Crippen LogP contribution in [0.1, 0.15) is 22.5 Å². The average molecular weight is 376 g/mol. The lowest BCUT2D eigenvalue weighted by Gasteiger charge is -2.24. The molecule has 0 saturated carbocycles. The lowest BCUT2D eigenvalue weighted by molar-refractivity contribution is -0.121. The van der Waals surface area contributed by atoms with Gasteiger partial charge >= 0.3 is 0 Å². The van der Waals surface area contributed by atoms with Crippen LogP contribution in [0.2, 0.25) is 5.02 Å². The molecule has 1 aromatic heterocycles. The zero-order valence-electron chi connectivity index (χ0n) is 14.9. The summed E-state index contributed by atoms with van der Waals surface area (Å²) in [6, 6.07) is 9.00. The van der Waals surface area contributed by atoms with Crippen LogP contribution in [-0.2, 0) is 17.9 Å². The lowest BCUT2D eigenvalue weighted by Crippen LogP contribution is -2.35. The average Bonchev–Trinajstić information content (AvgIpc) is 2.99. The minimum Gasteiger partial charge on any atom is -0.495 e. The van der Waals surface area contributed by atoms with Crippen molar-refractivity contribution in [2.24, 2.45) is 5.92 Å². The molecule has 1 aromatic carbocycles. The fraction of sp³-hybridized carbons (Fsp3) is 0.368. The van der Waals surface area contributed by atoms with Gasteiger partial charge in [-0.1, -0.05) is 11.6 Å². The van der Waals surface area contributed by atoms with Crippen LogP contribution in [-0.4, -0.2) is 42.0 Å². The predicted molar refractivity (Wildman–Crippen MR) is 99.4 cm³/mol. The number of aromatic nitrogens is 1. The van der Waals surface area contributed by atoms with Gasteiger partial charge in [0.15, 0.2) is 0 Å². The maximum absolute atomic E-state index is 13.1. The summed E-state index contributed by atoms with van der Waals surface area (Å²) in [6.07, 6.45) is 2.37. The van der Waals surface area contributed by atoms with Gasteiger partial charge in [0, 0.05) is 49.9 Å². The summed E-state index contributed by atoms with van der Waals surface area (Å²) in [5, 5.41) is 3.06. The van der Waals surface area contributed by atoms with E-state index in [1.807, 2.05) is 18.3 Å². The number of nitrogens with zero attached hydrogens (tertiary/aromatic N) is 2. The molecule has 2 heterocycles. The van der Waals surface area contributed by atoms with E-state index in [4.69, 9.17) is 16.3 Å². The summed E-state index contributed by atoms with van der Waals surface area (Å²) in [6.45, 7) is 1.72. The first kappa shape index (κ1) is 18.3. The van der Waals surface area contributed by atoms with Gasteiger partial charge in [-0.15, -0.1) is 0 Å². The molecule has 1 atom stereocenters. The number of amides is 2. The molecule has 1 aliphatic rings. The van der Waals surface area contributed by atoms with Gasteiger partial charge in [0.1, 0.15) is 5.75 Å². The SMILES string of the molecule is CNC(=O)C[C@@H]1CN(C(=O)c2ccc(OC)c(Cl)c2)Cc2cccn2C1. The van der Waals surface area contributed by atoms with E-state index in [0.717, 1.165) is 5.69 Å². The fourth-order valence-electron chi connectivity index (χ4n) is 3.31. The van der Waals surface area contributed by atoms with Crippen molar-refractivity contribution in [1.29, 1.82) is 0 Å². The summed E-state index contributed by atoms with van der Waals surface area (Å²) >= 11 is 6.17. The molecule has 0 unspecified atom stereocenters. The van der Waals surface area contributed by atoms with Gasteiger partial charge < -0.3 is 19.5 Å². The lowest BCUT2D eigenvalue weighted by atomic mass is 10.0. The van der Waals surface area contributed by atoms with E-state index in [-0.39, 0.29) is 17.7 Å². The Morgan fingerprint density at radius 3 is 2.81 bits per heavy atom. The zero-order valence-corrected chi connectivity index (χ0v) is 15.6. The highest BCUT2D eigenvalue weighted by molar-refractivity contribution is 6.32. The Balaban J connectivity index is 1.86. The molecule has 2 aromatic rings. The van der Waals surface area contributed by atoms with Crippen molar-refractivity contribution in [3.05, 3.63) is 52.8 Å². The number of hydrogen-bond donors (Lipinski definition) is 1. The minimum atomic E-state index is -0.105. The Morgan fingerprint density at radius 1 is 1.31 bits per heavy atom. The first-order valence-electron chi connectivity index (χ1n) is 8.49. The van der Waals surface area contributed by atoms with Crippen LogP contribution < -0.4 is 10.1 Å². The highest BCUT2D eigenvalue weighted by Gasteiger charge is 2.27. The number of halogens is 1. The van der Waals surface area contributed by atoms with E-state index in [9.17, 15) is 9.59 Å². The van der Waals surface area contributed by atoms with Gasteiger partial charge in [0.05, 0.1) is 18.7 Å². The first-order valence-corrected chi connectivity index (χ1v) is 8.87. The number of carbonyl (C=O) groups excluding carboxylic acids is 2. The van der Waals surface area contributed by atoms with Crippen molar-refractivity contribution >= 4 is 23.4 Å². The molecule has 2 amide bonds. The van der Waals surface area contributed by atoms with Crippen LogP contribution in [0.15, 0.2) is 36.5 Å². The normalized spacial score (nSPS) is 16.6. The second-order valence-electron chi connectivity index (χ2n) is 6.43. The van der Waals surface area contributed by atoms with Gasteiger partial charge in [-0.2, -0.15) is 0 Å². The molecule has 0 spiro atoms. The van der Waals surface area contributed by atoms with Crippen LogP contribution in [0, 0.1) is 5.92 Å². The van der Waals surface area contributed by atoms with Crippen molar-refractivity contribution in [3.63, 3.8) is 0 Å². The second kappa shape index (κ2) is 7.83.